The van der Waals surface area contributed by atoms with Gasteiger partial charge < -0.3 is 4.90 Å². The molecule has 1 aliphatic rings. The molecule has 4 rings (SSSR count). The number of aromatic nitrogens is 3. The van der Waals surface area contributed by atoms with Crippen molar-refractivity contribution in [2.75, 3.05) is 13.1 Å². The van der Waals surface area contributed by atoms with Gasteiger partial charge in [0, 0.05) is 42.7 Å². The number of hydrogen-bond donors (Lipinski definition) is 1. The van der Waals surface area contributed by atoms with E-state index in [1.807, 2.05) is 24.1 Å². The highest BCUT2D eigenvalue weighted by Crippen LogP contribution is 2.33. The molecule has 1 fully saturated rings. The van der Waals surface area contributed by atoms with E-state index >= 15 is 0 Å². The normalized spacial score (nSPS) is 17.1. The Morgan fingerprint density at radius 3 is 2.70 bits per heavy atom. The van der Waals surface area contributed by atoms with Crippen LogP contribution >= 0.6 is 0 Å². The van der Waals surface area contributed by atoms with Crippen LogP contribution in [0.15, 0.2) is 48.9 Å². The maximum Gasteiger partial charge on any atom is 0.255 e. The van der Waals surface area contributed by atoms with Gasteiger partial charge in [0.25, 0.3) is 5.91 Å². The standard InChI is InChI=1S/C22H24N4O/c1-15-5-7-17(8-6-15)20-13-24-25-21(20)18-4-3-9-26(14-18)22(27)19-10-16(2)11-23-12-19/h5-8,10-13,18H,3-4,9,14H2,1-2H3,(H,24,25)/t18-/m1/s1. The summed E-state index contributed by atoms with van der Waals surface area (Å²) in [4.78, 5) is 19.0. The number of aryl methyl sites for hydroxylation is 2. The summed E-state index contributed by atoms with van der Waals surface area (Å²) < 4.78 is 0. The summed E-state index contributed by atoms with van der Waals surface area (Å²) in [5.41, 5.74) is 6.33. The molecule has 0 aliphatic carbocycles. The lowest BCUT2D eigenvalue weighted by Gasteiger charge is -2.32. The van der Waals surface area contributed by atoms with Crippen LogP contribution < -0.4 is 0 Å². The van der Waals surface area contributed by atoms with Gasteiger partial charge in [0.05, 0.1) is 11.8 Å². The van der Waals surface area contributed by atoms with Gasteiger partial charge in [0.2, 0.25) is 0 Å². The van der Waals surface area contributed by atoms with Crippen molar-refractivity contribution in [1.82, 2.24) is 20.1 Å². The molecule has 0 radical (unpaired) electrons. The van der Waals surface area contributed by atoms with Crippen LogP contribution in [0.3, 0.4) is 0 Å². The minimum absolute atomic E-state index is 0.0623. The van der Waals surface area contributed by atoms with E-state index in [2.05, 4.69) is 46.4 Å². The summed E-state index contributed by atoms with van der Waals surface area (Å²) in [6.07, 6.45) is 7.37. The average Bonchev–Trinajstić information content (AvgIpc) is 3.18. The first-order valence-corrected chi connectivity index (χ1v) is 9.43. The number of nitrogens with zero attached hydrogens (tertiary/aromatic N) is 3. The molecule has 1 aromatic carbocycles. The van der Waals surface area contributed by atoms with Gasteiger partial charge in [-0.15, -0.1) is 0 Å². The van der Waals surface area contributed by atoms with Gasteiger partial charge >= 0.3 is 0 Å². The molecule has 1 aliphatic heterocycles. The number of likely N-dealkylation sites (tertiary alicyclic amines) is 1. The Bertz CT molecular complexity index is 945. The van der Waals surface area contributed by atoms with Crippen LogP contribution in [0.1, 0.15) is 45.9 Å². The van der Waals surface area contributed by atoms with Gasteiger partial charge in [0.1, 0.15) is 0 Å². The van der Waals surface area contributed by atoms with Crippen molar-refractivity contribution in [2.24, 2.45) is 0 Å². The molecule has 0 spiro atoms. The van der Waals surface area contributed by atoms with Gasteiger partial charge in [-0.05, 0) is 43.9 Å². The molecule has 1 amide bonds. The van der Waals surface area contributed by atoms with Crippen molar-refractivity contribution < 1.29 is 4.79 Å². The Morgan fingerprint density at radius 1 is 1.11 bits per heavy atom. The molecular weight excluding hydrogens is 336 g/mol. The van der Waals surface area contributed by atoms with E-state index < -0.39 is 0 Å². The van der Waals surface area contributed by atoms with Crippen LogP contribution in [-0.2, 0) is 0 Å². The van der Waals surface area contributed by atoms with Gasteiger partial charge in [-0.25, -0.2) is 0 Å². The van der Waals surface area contributed by atoms with Gasteiger partial charge in [0.15, 0.2) is 0 Å². The fourth-order valence-corrected chi connectivity index (χ4v) is 3.82. The number of rotatable bonds is 3. The predicted molar refractivity (Wildman–Crippen MR) is 106 cm³/mol. The summed E-state index contributed by atoms with van der Waals surface area (Å²) in [7, 11) is 0. The number of carbonyl (C=O) groups is 1. The summed E-state index contributed by atoms with van der Waals surface area (Å²) in [5.74, 6) is 0.326. The number of amides is 1. The molecule has 0 unspecified atom stereocenters. The molecule has 27 heavy (non-hydrogen) atoms. The quantitative estimate of drug-likeness (QED) is 0.765. The first-order chi connectivity index (χ1) is 13.1. The largest absolute Gasteiger partial charge is 0.338 e. The molecule has 1 atom stereocenters. The number of nitrogens with one attached hydrogen (secondary N) is 1. The lowest BCUT2D eigenvalue weighted by molar-refractivity contribution is 0.0705. The molecule has 0 bridgehead atoms. The number of piperidine rings is 1. The summed E-state index contributed by atoms with van der Waals surface area (Å²) in [6, 6.07) is 10.4. The van der Waals surface area contributed by atoms with E-state index in [0.717, 1.165) is 41.8 Å². The molecule has 5 nitrogen and oxygen atoms in total. The molecule has 1 N–H and O–H groups in total. The topological polar surface area (TPSA) is 61.9 Å². The minimum atomic E-state index is 0.0623. The zero-order valence-corrected chi connectivity index (χ0v) is 15.8. The molecule has 0 saturated carbocycles. The zero-order valence-electron chi connectivity index (χ0n) is 15.8. The maximum absolute atomic E-state index is 12.9. The molecule has 5 heteroatoms. The molecular formula is C22H24N4O. The van der Waals surface area contributed by atoms with Crippen LogP contribution in [0.25, 0.3) is 11.1 Å². The van der Waals surface area contributed by atoms with Gasteiger partial charge in [-0.1, -0.05) is 29.8 Å². The number of pyridine rings is 1. The van der Waals surface area contributed by atoms with Crippen LogP contribution in [0, 0.1) is 13.8 Å². The van der Waals surface area contributed by atoms with Crippen molar-refractivity contribution in [1.29, 1.82) is 0 Å². The number of H-pyrrole nitrogens is 1. The highest BCUT2D eigenvalue weighted by atomic mass is 16.2. The Labute approximate surface area is 159 Å². The first kappa shape index (κ1) is 17.5. The van der Waals surface area contributed by atoms with Crippen molar-refractivity contribution in [2.45, 2.75) is 32.6 Å². The third-order valence-electron chi connectivity index (χ3n) is 5.27. The van der Waals surface area contributed by atoms with E-state index in [0.29, 0.717) is 12.1 Å². The Balaban J connectivity index is 1.56. The van der Waals surface area contributed by atoms with Crippen LogP contribution in [-0.4, -0.2) is 39.1 Å². The Morgan fingerprint density at radius 2 is 1.93 bits per heavy atom. The molecule has 2 aromatic heterocycles. The number of aromatic amines is 1. The third-order valence-corrected chi connectivity index (χ3v) is 5.27. The second-order valence-corrected chi connectivity index (χ2v) is 7.40. The van der Waals surface area contributed by atoms with Crippen LogP contribution in [0.5, 0.6) is 0 Å². The molecule has 138 valence electrons. The zero-order chi connectivity index (χ0) is 18.8. The Hall–Kier alpha value is -2.95. The Kier molecular flexibility index (Phi) is 4.75. The lowest BCUT2D eigenvalue weighted by Crippen LogP contribution is -2.39. The fourth-order valence-electron chi connectivity index (χ4n) is 3.82. The highest BCUT2D eigenvalue weighted by Gasteiger charge is 2.28. The van der Waals surface area contributed by atoms with Crippen LogP contribution in [0.2, 0.25) is 0 Å². The van der Waals surface area contributed by atoms with E-state index in [-0.39, 0.29) is 11.8 Å². The molecule has 3 aromatic rings. The monoisotopic (exact) mass is 360 g/mol. The second kappa shape index (κ2) is 7.35. The van der Waals surface area contributed by atoms with E-state index in [9.17, 15) is 4.79 Å². The second-order valence-electron chi connectivity index (χ2n) is 7.40. The third kappa shape index (κ3) is 3.63. The summed E-state index contributed by atoms with van der Waals surface area (Å²) >= 11 is 0. The van der Waals surface area contributed by atoms with E-state index in [1.54, 1.807) is 12.4 Å². The van der Waals surface area contributed by atoms with Crippen LogP contribution in [0.4, 0.5) is 0 Å². The average molecular weight is 360 g/mol. The van der Waals surface area contributed by atoms with E-state index in [4.69, 9.17) is 0 Å². The van der Waals surface area contributed by atoms with Gasteiger partial charge in [-0.3, -0.25) is 14.9 Å². The number of benzene rings is 1. The highest BCUT2D eigenvalue weighted by molar-refractivity contribution is 5.94. The smallest absolute Gasteiger partial charge is 0.255 e. The van der Waals surface area contributed by atoms with E-state index in [1.165, 1.54) is 5.56 Å². The SMILES string of the molecule is Cc1ccc(-c2cn[nH]c2[C@@H]2CCCN(C(=O)c3cncc(C)c3)C2)cc1. The van der Waals surface area contributed by atoms with Gasteiger partial charge in [-0.2, -0.15) is 5.10 Å². The lowest BCUT2D eigenvalue weighted by atomic mass is 9.90. The van der Waals surface area contributed by atoms with Crippen molar-refractivity contribution in [3.8, 4) is 11.1 Å². The van der Waals surface area contributed by atoms with Crippen molar-refractivity contribution in [3.63, 3.8) is 0 Å². The first-order valence-electron chi connectivity index (χ1n) is 9.43. The van der Waals surface area contributed by atoms with Crippen molar-refractivity contribution in [3.05, 3.63) is 71.3 Å². The molecule has 3 heterocycles. The number of hydrogen-bond acceptors (Lipinski definition) is 3. The number of carbonyl (C=O) groups excluding carboxylic acids is 1. The maximum atomic E-state index is 12.9. The molecule has 1 saturated heterocycles. The summed E-state index contributed by atoms with van der Waals surface area (Å²) in [5, 5.41) is 7.49. The predicted octanol–water partition coefficient (Wildman–Crippen LogP) is 4.11. The minimum Gasteiger partial charge on any atom is -0.338 e. The fraction of sp³-hybridized carbons (Fsp3) is 0.318. The summed E-state index contributed by atoms with van der Waals surface area (Å²) in [6.45, 7) is 5.54. The van der Waals surface area contributed by atoms with Crippen molar-refractivity contribution >= 4 is 5.91 Å².